The molecule has 1 aliphatic rings. The molecule has 1 N–H and O–H groups in total. The molecule has 0 radical (unpaired) electrons. The summed E-state index contributed by atoms with van der Waals surface area (Å²) in [7, 11) is 0. The van der Waals surface area contributed by atoms with Gasteiger partial charge in [-0.25, -0.2) is 4.79 Å². The van der Waals surface area contributed by atoms with Crippen molar-refractivity contribution in [3.63, 3.8) is 0 Å². The fourth-order valence-corrected chi connectivity index (χ4v) is 3.48. The molecule has 0 saturated heterocycles. The molecule has 0 spiro atoms. The number of aromatic carboxylic acids is 1. The number of benzene rings is 2. The van der Waals surface area contributed by atoms with Crippen molar-refractivity contribution in [2.24, 2.45) is 5.41 Å². The van der Waals surface area contributed by atoms with Crippen molar-refractivity contribution in [1.29, 1.82) is 0 Å². The molecular weight excluding hydrogens is 360 g/mol. The normalized spacial score (nSPS) is 14.6. The summed E-state index contributed by atoms with van der Waals surface area (Å²) in [6, 6.07) is 14.4. The number of carboxylic acids is 1. The van der Waals surface area contributed by atoms with Crippen LogP contribution in [0.3, 0.4) is 0 Å². The second-order valence-corrected chi connectivity index (χ2v) is 8.96. The maximum absolute atomic E-state index is 11.9. The Hall–Kier alpha value is -2.94. The van der Waals surface area contributed by atoms with E-state index < -0.39 is 5.97 Å². The molecule has 0 amide bonds. The molecule has 0 aliphatic heterocycles. The van der Waals surface area contributed by atoms with Crippen LogP contribution in [-0.4, -0.2) is 16.9 Å². The molecule has 3 rings (SSSR count). The number of hydrogen-bond acceptors (Lipinski definition) is 2. The number of carbonyl (C=O) groups is 2. The van der Waals surface area contributed by atoms with Crippen molar-refractivity contribution >= 4 is 17.3 Å². The molecule has 0 unspecified atom stereocenters. The van der Waals surface area contributed by atoms with Gasteiger partial charge in [0.05, 0.1) is 5.56 Å². The van der Waals surface area contributed by atoms with Gasteiger partial charge in [-0.05, 0) is 58.2 Å². The summed E-state index contributed by atoms with van der Waals surface area (Å²) in [5, 5.41) is 8.38. The summed E-state index contributed by atoms with van der Waals surface area (Å²) in [5.74, 6) is -0.883. The molecule has 3 nitrogen and oxygen atoms in total. The predicted molar refractivity (Wildman–Crippen MR) is 119 cm³/mol. The molecule has 0 saturated carbocycles. The SMILES string of the molecule is C=CC(=O)c1ccc2c(c1)C(C)(C)CC=C2C(C)(C)C.O=C(O)c1ccccc1. The van der Waals surface area contributed by atoms with Crippen molar-refractivity contribution in [2.75, 3.05) is 0 Å². The van der Waals surface area contributed by atoms with Crippen LogP contribution in [-0.2, 0) is 5.41 Å². The lowest BCUT2D eigenvalue weighted by Crippen LogP contribution is -2.25. The van der Waals surface area contributed by atoms with Crippen molar-refractivity contribution in [2.45, 2.75) is 46.5 Å². The topological polar surface area (TPSA) is 54.4 Å². The fourth-order valence-electron chi connectivity index (χ4n) is 3.48. The van der Waals surface area contributed by atoms with Crippen LogP contribution in [0.1, 0.15) is 72.9 Å². The van der Waals surface area contributed by atoms with Crippen molar-refractivity contribution in [3.05, 3.63) is 89.5 Å². The van der Waals surface area contributed by atoms with E-state index >= 15 is 0 Å². The lowest BCUT2D eigenvalue weighted by Gasteiger charge is -2.36. The van der Waals surface area contributed by atoms with Crippen LogP contribution in [0.15, 0.2) is 67.3 Å². The second-order valence-electron chi connectivity index (χ2n) is 8.96. The highest BCUT2D eigenvalue weighted by molar-refractivity contribution is 6.04. The zero-order valence-electron chi connectivity index (χ0n) is 18.0. The first-order valence-corrected chi connectivity index (χ1v) is 9.78. The summed E-state index contributed by atoms with van der Waals surface area (Å²) >= 11 is 0. The zero-order chi connectivity index (χ0) is 21.8. The standard InChI is InChI=1S/C19H24O.C7H6O2/c1-7-17(20)13-8-9-14-15(18(2,3)4)10-11-19(5,6)16(14)12-13;8-7(9)6-4-2-1-3-5-6/h7-10,12H,1,11H2,2-6H3;1-5H,(H,8,9). The highest BCUT2D eigenvalue weighted by Crippen LogP contribution is 2.45. The van der Waals surface area contributed by atoms with Gasteiger partial charge in [-0.1, -0.05) is 77.6 Å². The van der Waals surface area contributed by atoms with Gasteiger partial charge in [-0.15, -0.1) is 0 Å². The molecule has 2 aromatic carbocycles. The Labute approximate surface area is 173 Å². The van der Waals surface area contributed by atoms with E-state index in [1.807, 2.05) is 6.07 Å². The monoisotopic (exact) mass is 390 g/mol. The van der Waals surface area contributed by atoms with E-state index in [1.54, 1.807) is 30.3 Å². The Morgan fingerprint density at radius 2 is 1.66 bits per heavy atom. The van der Waals surface area contributed by atoms with Crippen LogP contribution in [0, 0.1) is 5.41 Å². The average Bonchev–Trinajstić information content (AvgIpc) is 2.67. The summed E-state index contributed by atoms with van der Waals surface area (Å²) in [6.45, 7) is 14.8. The molecule has 0 atom stereocenters. The van der Waals surface area contributed by atoms with Crippen LogP contribution in [0.2, 0.25) is 0 Å². The first-order chi connectivity index (χ1) is 13.5. The second kappa shape index (κ2) is 8.60. The first-order valence-electron chi connectivity index (χ1n) is 9.78. The zero-order valence-corrected chi connectivity index (χ0v) is 18.0. The summed E-state index contributed by atoms with van der Waals surface area (Å²) in [6.07, 6.45) is 4.76. The summed E-state index contributed by atoms with van der Waals surface area (Å²) < 4.78 is 0. The van der Waals surface area contributed by atoms with Gasteiger partial charge in [0.15, 0.2) is 5.78 Å². The predicted octanol–water partition coefficient (Wildman–Crippen LogP) is 6.55. The van der Waals surface area contributed by atoms with Gasteiger partial charge in [-0.3, -0.25) is 4.79 Å². The quantitative estimate of drug-likeness (QED) is 0.477. The Balaban J connectivity index is 0.000000278. The number of ketones is 1. The highest BCUT2D eigenvalue weighted by Gasteiger charge is 2.32. The smallest absolute Gasteiger partial charge is 0.335 e. The van der Waals surface area contributed by atoms with E-state index in [9.17, 15) is 9.59 Å². The van der Waals surface area contributed by atoms with E-state index in [4.69, 9.17) is 5.11 Å². The lowest BCUT2D eigenvalue weighted by molar-refractivity contribution is 0.0696. The van der Waals surface area contributed by atoms with Gasteiger partial charge >= 0.3 is 5.97 Å². The Bertz CT molecular complexity index is 942. The van der Waals surface area contributed by atoms with Gasteiger partial charge in [0.1, 0.15) is 0 Å². The van der Waals surface area contributed by atoms with Crippen molar-refractivity contribution in [1.82, 2.24) is 0 Å². The third-order valence-electron chi connectivity index (χ3n) is 5.15. The number of carboxylic acid groups (broad SMARTS) is 1. The molecule has 152 valence electrons. The van der Waals surface area contributed by atoms with Gasteiger partial charge < -0.3 is 5.11 Å². The number of carbonyl (C=O) groups excluding carboxylic acids is 1. The molecule has 0 fully saturated rings. The Morgan fingerprint density at radius 1 is 1.03 bits per heavy atom. The molecular formula is C26H30O3. The van der Waals surface area contributed by atoms with Crippen molar-refractivity contribution in [3.8, 4) is 0 Å². The molecule has 1 aliphatic carbocycles. The molecule has 2 aromatic rings. The number of fused-ring (bicyclic) bond motifs is 1. The van der Waals surface area contributed by atoms with Gasteiger partial charge in [-0.2, -0.15) is 0 Å². The minimum absolute atomic E-state index is 0.00420. The van der Waals surface area contributed by atoms with Crippen LogP contribution >= 0.6 is 0 Å². The molecule has 3 heteroatoms. The third kappa shape index (κ3) is 5.32. The molecule has 0 aromatic heterocycles. The number of allylic oxidation sites excluding steroid dienone is 3. The van der Waals surface area contributed by atoms with E-state index in [2.05, 4.69) is 59.4 Å². The fraction of sp³-hybridized carbons (Fsp3) is 0.308. The van der Waals surface area contributed by atoms with Crippen LogP contribution < -0.4 is 0 Å². The lowest BCUT2D eigenvalue weighted by atomic mass is 9.68. The van der Waals surface area contributed by atoms with E-state index in [-0.39, 0.29) is 16.6 Å². The van der Waals surface area contributed by atoms with Gasteiger partial charge in [0, 0.05) is 5.56 Å². The minimum Gasteiger partial charge on any atom is -0.478 e. The van der Waals surface area contributed by atoms with E-state index in [1.165, 1.54) is 22.8 Å². The average molecular weight is 391 g/mol. The van der Waals surface area contributed by atoms with Gasteiger partial charge in [0.2, 0.25) is 0 Å². The number of rotatable bonds is 3. The number of hydrogen-bond donors (Lipinski definition) is 1. The Morgan fingerprint density at radius 3 is 2.14 bits per heavy atom. The Kier molecular flexibility index (Phi) is 6.63. The van der Waals surface area contributed by atoms with E-state index in [0.717, 1.165) is 12.0 Å². The summed E-state index contributed by atoms with van der Waals surface area (Å²) in [5.41, 5.74) is 5.20. The highest BCUT2D eigenvalue weighted by atomic mass is 16.4. The maximum Gasteiger partial charge on any atom is 0.335 e. The summed E-state index contributed by atoms with van der Waals surface area (Å²) in [4.78, 5) is 22.1. The molecule has 29 heavy (non-hydrogen) atoms. The van der Waals surface area contributed by atoms with Crippen molar-refractivity contribution < 1.29 is 14.7 Å². The van der Waals surface area contributed by atoms with Gasteiger partial charge in [0.25, 0.3) is 0 Å². The first kappa shape index (κ1) is 22.4. The van der Waals surface area contributed by atoms with E-state index in [0.29, 0.717) is 5.56 Å². The minimum atomic E-state index is -0.879. The molecule has 0 bridgehead atoms. The molecule has 0 heterocycles. The third-order valence-corrected chi connectivity index (χ3v) is 5.15. The largest absolute Gasteiger partial charge is 0.478 e. The van der Waals surface area contributed by atoms with Crippen LogP contribution in [0.5, 0.6) is 0 Å². The van der Waals surface area contributed by atoms with Crippen LogP contribution in [0.4, 0.5) is 0 Å². The maximum atomic E-state index is 11.9. The van der Waals surface area contributed by atoms with Crippen LogP contribution in [0.25, 0.3) is 5.57 Å².